The van der Waals surface area contributed by atoms with Gasteiger partial charge in [-0.2, -0.15) is 0 Å². The van der Waals surface area contributed by atoms with E-state index >= 15 is 0 Å². The van der Waals surface area contributed by atoms with Crippen LogP contribution in [0.1, 0.15) is 5.56 Å². The molecule has 4 N–H and O–H groups in total. The Balaban J connectivity index is 1.39. The Hall–Kier alpha value is -3.33. The van der Waals surface area contributed by atoms with Crippen molar-refractivity contribution in [3.05, 3.63) is 64.4 Å². The van der Waals surface area contributed by atoms with E-state index in [1.54, 1.807) is 18.2 Å². The minimum absolute atomic E-state index is 0.0128. The molecule has 0 bridgehead atoms. The Labute approximate surface area is 153 Å². The van der Waals surface area contributed by atoms with Gasteiger partial charge in [-0.1, -0.05) is 6.07 Å². The summed E-state index contributed by atoms with van der Waals surface area (Å²) in [6, 6.07) is 10.0. The van der Waals surface area contributed by atoms with E-state index in [4.69, 9.17) is 9.15 Å². The standard InChI is InChI=1S/C18H18FN3O5/c19-12-2-4-14(5-3-12)26-10-13(23)9-21-17(24)20-8-11-1-6-16-15(7-11)22-18(25)27-16/h1-7,13,23H,8-10H2,(H,22,25)(H2,20,21,24). The minimum Gasteiger partial charge on any atom is -0.491 e. The zero-order valence-corrected chi connectivity index (χ0v) is 14.2. The first-order valence-electron chi connectivity index (χ1n) is 8.19. The van der Waals surface area contributed by atoms with Crippen molar-refractivity contribution in [1.29, 1.82) is 0 Å². The molecule has 0 aliphatic heterocycles. The van der Waals surface area contributed by atoms with Crippen LogP contribution in [0.5, 0.6) is 5.75 Å². The molecule has 1 unspecified atom stereocenters. The first kappa shape index (κ1) is 18.5. The second-order valence-corrected chi connectivity index (χ2v) is 5.83. The van der Waals surface area contributed by atoms with Crippen molar-refractivity contribution in [3.63, 3.8) is 0 Å². The lowest BCUT2D eigenvalue weighted by Crippen LogP contribution is -2.41. The molecule has 3 rings (SSSR count). The lowest BCUT2D eigenvalue weighted by Gasteiger charge is -2.14. The maximum Gasteiger partial charge on any atom is 0.417 e. The van der Waals surface area contributed by atoms with Gasteiger partial charge < -0.3 is 24.9 Å². The van der Waals surface area contributed by atoms with E-state index in [2.05, 4.69) is 15.6 Å². The van der Waals surface area contributed by atoms with Crippen LogP contribution in [0.2, 0.25) is 0 Å². The number of hydrogen-bond acceptors (Lipinski definition) is 5. The van der Waals surface area contributed by atoms with Gasteiger partial charge in [0, 0.05) is 13.1 Å². The molecule has 3 aromatic rings. The number of hydrogen-bond donors (Lipinski definition) is 4. The van der Waals surface area contributed by atoms with Gasteiger partial charge in [-0.3, -0.25) is 4.98 Å². The molecule has 1 heterocycles. The predicted octanol–water partition coefficient (Wildman–Crippen LogP) is 1.50. The average molecular weight is 375 g/mol. The van der Waals surface area contributed by atoms with Crippen molar-refractivity contribution in [3.8, 4) is 5.75 Å². The van der Waals surface area contributed by atoms with E-state index in [9.17, 15) is 19.1 Å². The van der Waals surface area contributed by atoms with E-state index < -0.39 is 17.9 Å². The zero-order valence-electron chi connectivity index (χ0n) is 14.2. The summed E-state index contributed by atoms with van der Waals surface area (Å²) < 4.78 is 23.0. The number of ether oxygens (including phenoxy) is 1. The number of carbonyl (C=O) groups is 1. The molecule has 0 spiro atoms. The fourth-order valence-corrected chi connectivity index (χ4v) is 2.35. The molecule has 27 heavy (non-hydrogen) atoms. The van der Waals surface area contributed by atoms with Gasteiger partial charge in [0.2, 0.25) is 0 Å². The molecule has 2 aromatic carbocycles. The second kappa shape index (κ2) is 8.37. The van der Waals surface area contributed by atoms with Gasteiger partial charge in [0.15, 0.2) is 5.58 Å². The first-order valence-corrected chi connectivity index (χ1v) is 8.19. The molecule has 0 saturated heterocycles. The number of aliphatic hydroxyl groups is 1. The predicted molar refractivity (Wildman–Crippen MR) is 95.0 cm³/mol. The highest BCUT2D eigenvalue weighted by molar-refractivity contribution is 5.75. The number of carbonyl (C=O) groups excluding carboxylic acids is 1. The molecule has 2 amide bonds. The number of aliphatic hydroxyl groups excluding tert-OH is 1. The summed E-state index contributed by atoms with van der Waals surface area (Å²) in [6.07, 6.45) is -0.923. The Morgan fingerprint density at radius 3 is 2.78 bits per heavy atom. The number of oxazole rings is 1. The SMILES string of the molecule is O=C(NCc1ccc2oc(=O)[nH]c2c1)NCC(O)COc1ccc(F)cc1. The summed E-state index contributed by atoms with van der Waals surface area (Å²) in [6.45, 7) is 0.175. The Morgan fingerprint density at radius 2 is 2.00 bits per heavy atom. The third kappa shape index (κ3) is 5.32. The van der Waals surface area contributed by atoms with Crippen LogP contribution >= 0.6 is 0 Å². The first-order chi connectivity index (χ1) is 13.0. The molecule has 9 heteroatoms. The third-order valence-electron chi connectivity index (χ3n) is 3.69. The fourth-order valence-electron chi connectivity index (χ4n) is 2.35. The van der Waals surface area contributed by atoms with Crippen LogP contribution < -0.4 is 21.1 Å². The van der Waals surface area contributed by atoms with Crippen molar-refractivity contribution in [2.75, 3.05) is 13.2 Å². The summed E-state index contributed by atoms with van der Waals surface area (Å²) in [7, 11) is 0. The van der Waals surface area contributed by atoms with Gasteiger partial charge in [0.25, 0.3) is 0 Å². The van der Waals surface area contributed by atoms with Crippen LogP contribution in [0, 0.1) is 5.82 Å². The molecular weight excluding hydrogens is 357 g/mol. The van der Waals surface area contributed by atoms with E-state index in [-0.39, 0.29) is 25.5 Å². The molecular formula is C18H18FN3O5. The van der Waals surface area contributed by atoms with Gasteiger partial charge in [-0.25, -0.2) is 14.0 Å². The second-order valence-electron chi connectivity index (χ2n) is 5.83. The van der Waals surface area contributed by atoms with Crippen molar-refractivity contribution < 1.29 is 23.4 Å². The monoisotopic (exact) mass is 375 g/mol. The van der Waals surface area contributed by atoms with Crippen LogP contribution in [-0.2, 0) is 6.54 Å². The van der Waals surface area contributed by atoms with Crippen LogP contribution in [-0.4, -0.2) is 35.4 Å². The number of halogens is 1. The molecule has 0 radical (unpaired) electrons. The van der Waals surface area contributed by atoms with Gasteiger partial charge in [0.05, 0.1) is 5.52 Å². The molecule has 1 aromatic heterocycles. The molecule has 0 fully saturated rings. The van der Waals surface area contributed by atoms with E-state index in [0.29, 0.717) is 16.8 Å². The number of aromatic amines is 1. The third-order valence-corrected chi connectivity index (χ3v) is 3.69. The van der Waals surface area contributed by atoms with E-state index in [1.165, 1.54) is 24.3 Å². The average Bonchev–Trinajstić information content (AvgIpc) is 3.03. The Kier molecular flexibility index (Phi) is 5.72. The van der Waals surface area contributed by atoms with Crippen molar-refractivity contribution in [2.24, 2.45) is 0 Å². The highest BCUT2D eigenvalue weighted by Crippen LogP contribution is 2.12. The van der Waals surface area contributed by atoms with Crippen molar-refractivity contribution >= 4 is 17.1 Å². The number of nitrogens with one attached hydrogen (secondary N) is 3. The summed E-state index contributed by atoms with van der Waals surface area (Å²) in [4.78, 5) is 25.5. The number of amides is 2. The number of benzene rings is 2. The van der Waals surface area contributed by atoms with Crippen molar-refractivity contribution in [2.45, 2.75) is 12.6 Å². The quantitative estimate of drug-likeness (QED) is 0.499. The number of fused-ring (bicyclic) bond motifs is 1. The number of aromatic nitrogens is 1. The smallest absolute Gasteiger partial charge is 0.417 e. The lowest BCUT2D eigenvalue weighted by molar-refractivity contribution is 0.108. The lowest BCUT2D eigenvalue weighted by atomic mass is 10.2. The number of rotatable bonds is 7. The Bertz CT molecular complexity index is 967. The van der Waals surface area contributed by atoms with Crippen molar-refractivity contribution in [1.82, 2.24) is 15.6 Å². The number of urea groups is 1. The van der Waals surface area contributed by atoms with Gasteiger partial charge in [0.1, 0.15) is 24.3 Å². The number of H-pyrrole nitrogens is 1. The van der Waals surface area contributed by atoms with E-state index in [0.717, 1.165) is 5.56 Å². The van der Waals surface area contributed by atoms with Gasteiger partial charge in [-0.15, -0.1) is 0 Å². The summed E-state index contributed by atoms with van der Waals surface area (Å²) in [5.74, 6) is -0.489. The maximum absolute atomic E-state index is 12.8. The summed E-state index contributed by atoms with van der Waals surface area (Å²) in [5, 5.41) is 15.0. The zero-order chi connectivity index (χ0) is 19.2. The largest absolute Gasteiger partial charge is 0.491 e. The fraction of sp³-hybridized carbons (Fsp3) is 0.222. The minimum atomic E-state index is -0.923. The van der Waals surface area contributed by atoms with Crippen LogP contribution in [0.3, 0.4) is 0 Å². The summed E-state index contributed by atoms with van der Waals surface area (Å²) >= 11 is 0. The highest BCUT2D eigenvalue weighted by Gasteiger charge is 2.09. The molecule has 8 nitrogen and oxygen atoms in total. The molecule has 0 saturated carbocycles. The maximum atomic E-state index is 12.8. The molecule has 0 aliphatic carbocycles. The van der Waals surface area contributed by atoms with Gasteiger partial charge in [-0.05, 0) is 42.0 Å². The molecule has 1 atom stereocenters. The van der Waals surface area contributed by atoms with Crippen LogP contribution in [0.15, 0.2) is 51.7 Å². The molecule has 142 valence electrons. The van der Waals surface area contributed by atoms with Crippen LogP contribution in [0.4, 0.5) is 9.18 Å². The Morgan fingerprint density at radius 1 is 1.22 bits per heavy atom. The normalized spacial score (nSPS) is 11.9. The molecule has 0 aliphatic rings. The van der Waals surface area contributed by atoms with E-state index in [1.807, 2.05) is 0 Å². The van der Waals surface area contributed by atoms with Gasteiger partial charge >= 0.3 is 11.8 Å². The van der Waals surface area contributed by atoms with Crippen LogP contribution in [0.25, 0.3) is 11.1 Å². The summed E-state index contributed by atoms with van der Waals surface area (Å²) in [5.41, 5.74) is 1.76. The highest BCUT2D eigenvalue weighted by atomic mass is 19.1. The topological polar surface area (TPSA) is 117 Å².